The topological polar surface area (TPSA) is 430 Å². The minimum Gasteiger partial charge on any atom is -0.508 e. The predicted octanol–water partition coefficient (Wildman–Crippen LogP) is 14.8. The SMILES string of the molecule is N#Cc1cccc(C(=O)Nc2cccc(CSc3ncnc4[nH]ncc34)c2)c1.O=C(Nc1cccc(CSc2ncnc3[nH]ncc23)c1)c1c[nH]c(=O)c(Cl)c1.O=C(Nc1cccc(CSc2ncnc3[nH]ncc23)c1)c1ccc(O)cc1.O=C(Nc1cccc(CSc2ncnc3[nH]ncc23)c1)c1ccc2c(c1)OC(F)(F)O2. The van der Waals surface area contributed by atoms with Gasteiger partial charge in [0.2, 0.25) is 0 Å². The smallest absolute Gasteiger partial charge is 0.508 e. The van der Waals surface area contributed by atoms with Crippen molar-refractivity contribution in [2.24, 2.45) is 0 Å². The minimum atomic E-state index is -3.73. The van der Waals surface area contributed by atoms with E-state index in [1.54, 1.807) is 109 Å². The van der Waals surface area contributed by atoms with E-state index in [9.17, 15) is 37.9 Å². The first kappa shape index (κ1) is 76.8. The Morgan fingerprint density at radius 2 is 0.798 bits per heavy atom. The third-order valence-corrected chi connectivity index (χ3v) is 20.8. The summed E-state index contributed by atoms with van der Waals surface area (Å²) < 4.78 is 35.1. The van der Waals surface area contributed by atoms with Gasteiger partial charge in [0.1, 0.15) is 56.2 Å². The van der Waals surface area contributed by atoms with Crippen LogP contribution in [-0.2, 0) is 23.0 Å². The lowest BCUT2D eigenvalue weighted by Crippen LogP contribution is -2.25. The molecule has 9 aromatic heterocycles. The number of benzene rings is 7. The van der Waals surface area contributed by atoms with E-state index < -0.39 is 17.8 Å². The molecule has 7 aromatic carbocycles. The van der Waals surface area contributed by atoms with E-state index in [1.165, 1.54) is 79.7 Å². The number of halogens is 3. The van der Waals surface area contributed by atoms with Gasteiger partial charge in [0, 0.05) is 68.6 Å². The molecule has 10 N–H and O–H groups in total. The van der Waals surface area contributed by atoms with Gasteiger partial charge in [-0.05, 0) is 138 Å². The highest BCUT2D eigenvalue weighted by Crippen LogP contribution is 2.42. The molecule has 0 saturated heterocycles. The first-order valence-electron chi connectivity index (χ1n) is 33.7. The molecule has 114 heavy (non-hydrogen) atoms. The number of carbonyl (C=O) groups is 4. The maximum Gasteiger partial charge on any atom is 0.586 e. The molecule has 0 radical (unpaired) electrons. The minimum absolute atomic E-state index is 0.0341. The monoisotopic (exact) mass is 1620 g/mol. The van der Waals surface area contributed by atoms with Crippen LogP contribution in [0.5, 0.6) is 17.2 Å². The van der Waals surface area contributed by atoms with Crippen molar-refractivity contribution >= 4 is 149 Å². The highest BCUT2D eigenvalue weighted by atomic mass is 35.5. The zero-order valence-electron chi connectivity index (χ0n) is 58.6. The number of anilines is 4. The highest BCUT2D eigenvalue weighted by Gasteiger charge is 2.43. The number of phenolic OH excluding ortho intramolecular Hbond substituents is 1. The van der Waals surface area contributed by atoms with Crippen LogP contribution in [0, 0.1) is 11.3 Å². The standard InChI is InChI=1S/C20H13F2N5O3S.C20H14N6OS.C19H15N5O2S.C18H13ClN6O2S/c21-20(22)29-15-5-4-12(7-16(15)30-20)18(28)26-13-3-1-2-11(6-13)9-31-19-14-8-25-27-17(14)23-10-24-19;21-9-13-3-1-5-15(7-13)19(27)25-16-6-2-4-14(8-16)11-28-20-17-10-24-26-18(17)22-12-23-20;25-15-6-4-13(5-7-15)18(26)23-14-3-1-2-12(8-14)10-27-19-16-9-22-24-17(16)20-11-21-19;19-14-5-11(6-20-17(14)27)16(26)24-12-3-1-2-10(4-12)8-28-18-13-7-23-25-15(13)21-9-22-18/h1-8,10H,9H2,(H,26,28)(H,23,24,25,27);1-8,10,12H,11H2,(H,25,27)(H,22,23,24,26);1-9,11,25H,10H2,(H,23,26)(H,20,21,22,24);1-7,9H,8H2,(H,20,27)(H,24,26)(H,21,22,23,25). The first-order valence-corrected chi connectivity index (χ1v) is 38.1. The predicted molar refractivity (Wildman–Crippen MR) is 427 cm³/mol. The molecule has 0 spiro atoms. The molecular weight excluding hydrogens is 1560 g/mol. The number of alkyl halides is 2. The van der Waals surface area contributed by atoms with Gasteiger partial charge in [-0.15, -0.1) is 55.8 Å². The molecule has 0 aliphatic carbocycles. The van der Waals surface area contributed by atoms with Gasteiger partial charge in [-0.2, -0.15) is 25.7 Å². The number of thioether (sulfide) groups is 4. The van der Waals surface area contributed by atoms with Crippen molar-refractivity contribution in [1.82, 2.24) is 85.6 Å². The van der Waals surface area contributed by atoms with E-state index >= 15 is 0 Å². The van der Waals surface area contributed by atoms with Crippen molar-refractivity contribution in [1.29, 1.82) is 5.26 Å². The second-order valence-electron chi connectivity index (χ2n) is 24.2. The van der Waals surface area contributed by atoms with Crippen molar-refractivity contribution < 1.29 is 42.5 Å². The van der Waals surface area contributed by atoms with Crippen LogP contribution >= 0.6 is 58.6 Å². The summed E-state index contributed by atoms with van der Waals surface area (Å²) in [5.74, 6) is 1.18. The molecule has 4 amide bonds. The number of ether oxygens (including phenoxy) is 2. The van der Waals surface area contributed by atoms with E-state index in [1.807, 2.05) is 91.0 Å². The quantitative estimate of drug-likeness (QED) is 0.0250. The number of rotatable bonds is 20. The van der Waals surface area contributed by atoms with Gasteiger partial charge in [0.05, 0.1) is 63.5 Å². The Hall–Kier alpha value is -14.0. The Morgan fingerprint density at radius 3 is 1.19 bits per heavy atom. The second-order valence-corrected chi connectivity index (χ2v) is 28.4. The normalized spacial score (nSPS) is 11.6. The van der Waals surface area contributed by atoms with Gasteiger partial charge in [-0.3, -0.25) is 44.4 Å². The number of amides is 4. The molecule has 0 atom stereocenters. The van der Waals surface area contributed by atoms with Crippen molar-refractivity contribution in [3.8, 4) is 23.3 Å². The van der Waals surface area contributed by atoms with Crippen molar-refractivity contribution in [2.75, 3.05) is 21.3 Å². The molecule has 566 valence electrons. The van der Waals surface area contributed by atoms with Crippen LogP contribution in [0.15, 0.2) is 251 Å². The van der Waals surface area contributed by atoms with Gasteiger partial charge >= 0.3 is 6.29 Å². The Balaban J connectivity index is 0.000000126. The van der Waals surface area contributed by atoms with Crippen LogP contribution in [0.25, 0.3) is 44.1 Å². The molecule has 0 saturated carbocycles. The average molecular weight is 1620 g/mol. The molecule has 30 nitrogen and oxygen atoms in total. The number of aromatic nitrogens is 17. The number of hydrogen-bond acceptors (Lipinski definition) is 25. The van der Waals surface area contributed by atoms with Gasteiger partial charge in [-0.25, -0.2) is 39.9 Å². The zero-order valence-corrected chi connectivity index (χ0v) is 62.6. The number of carbonyl (C=O) groups excluding carboxylic acids is 4. The maximum atomic E-state index is 13.2. The van der Waals surface area contributed by atoms with Crippen LogP contribution in [0.2, 0.25) is 5.02 Å². The van der Waals surface area contributed by atoms with Crippen LogP contribution in [0.1, 0.15) is 69.2 Å². The molecule has 1 aliphatic heterocycles. The lowest BCUT2D eigenvalue weighted by atomic mass is 10.1. The van der Waals surface area contributed by atoms with Crippen molar-refractivity contribution in [2.45, 2.75) is 49.4 Å². The summed E-state index contributed by atoms with van der Waals surface area (Å²) in [6.07, 6.45) is 10.4. The summed E-state index contributed by atoms with van der Waals surface area (Å²) in [4.78, 5) is 97.1. The Bertz CT molecular complexity index is 6330. The van der Waals surface area contributed by atoms with Crippen molar-refractivity contribution in [3.05, 3.63) is 292 Å². The van der Waals surface area contributed by atoms with E-state index in [-0.39, 0.29) is 51.1 Å². The van der Waals surface area contributed by atoms with E-state index in [0.29, 0.717) is 85.0 Å². The number of nitrogens with zero attached hydrogens (tertiary/aromatic N) is 13. The van der Waals surface area contributed by atoms with E-state index in [4.69, 9.17) is 16.9 Å². The number of nitrogens with one attached hydrogen (secondary N) is 9. The highest BCUT2D eigenvalue weighted by molar-refractivity contribution is 7.99. The second kappa shape index (κ2) is 35.8. The molecule has 16 aromatic rings. The van der Waals surface area contributed by atoms with Gasteiger partial charge in [0.25, 0.3) is 29.2 Å². The lowest BCUT2D eigenvalue weighted by molar-refractivity contribution is -0.286. The fraction of sp³-hybridized carbons (Fsp3) is 0.0649. The Kier molecular flexibility index (Phi) is 24.1. The molecule has 1 aliphatic rings. The van der Waals surface area contributed by atoms with Crippen LogP contribution in [-0.4, -0.2) is 121 Å². The number of H-pyrrole nitrogens is 5. The summed E-state index contributed by atoms with van der Waals surface area (Å²) in [6, 6.07) is 50.1. The fourth-order valence-corrected chi connectivity index (χ4v) is 14.6. The number of aromatic amines is 5. The number of pyridine rings is 1. The van der Waals surface area contributed by atoms with Gasteiger partial charge in [0.15, 0.2) is 34.1 Å². The van der Waals surface area contributed by atoms with Crippen LogP contribution < -0.4 is 36.3 Å². The Morgan fingerprint density at radius 1 is 0.439 bits per heavy atom. The largest absolute Gasteiger partial charge is 0.586 e. The van der Waals surface area contributed by atoms with Crippen LogP contribution in [0.4, 0.5) is 31.5 Å². The van der Waals surface area contributed by atoms with Gasteiger partial charge < -0.3 is 40.8 Å². The average Bonchev–Trinajstić information content (AvgIpc) is 1.35. The lowest BCUT2D eigenvalue weighted by Gasteiger charge is -2.08. The maximum absolute atomic E-state index is 13.2. The number of fused-ring (bicyclic) bond motifs is 5. The summed E-state index contributed by atoms with van der Waals surface area (Å²) in [6.45, 7) is 0. The first-order chi connectivity index (χ1) is 55.5. The number of nitriles is 1. The van der Waals surface area contributed by atoms with Gasteiger partial charge in [-0.1, -0.05) is 66.2 Å². The summed E-state index contributed by atoms with van der Waals surface area (Å²) in [5, 5.41) is 63.6. The molecule has 37 heteroatoms. The Labute approximate surface area is 664 Å². The molecule has 0 unspecified atom stereocenters. The number of hydrogen-bond donors (Lipinski definition) is 10. The molecular formula is C77H55ClF2N22O8S4. The summed E-state index contributed by atoms with van der Waals surface area (Å²) in [7, 11) is 0. The molecule has 0 bridgehead atoms. The third kappa shape index (κ3) is 19.8. The molecule has 0 fully saturated rings. The van der Waals surface area contributed by atoms with Crippen LogP contribution in [0.3, 0.4) is 0 Å². The zero-order chi connectivity index (χ0) is 78.9. The van der Waals surface area contributed by atoms with E-state index in [2.05, 4.69) is 116 Å². The van der Waals surface area contributed by atoms with E-state index in [0.717, 1.165) is 63.9 Å². The number of aromatic hydroxyl groups is 1. The summed E-state index contributed by atoms with van der Waals surface area (Å²) in [5.41, 5.74) is 10.9. The van der Waals surface area contributed by atoms with Crippen molar-refractivity contribution in [3.63, 3.8) is 0 Å². The third-order valence-electron chi connectivity index (χ3n) is 16.3. The molecule has 17 rings (SSSR count). The molecule has 10 heterocycles. The fourth-order valence-electron chi connectivity index (χ4n) is 10.8. The number of phenols is 1. The summed E-state index contributed by atoms with van der Waals surface area (Å²) >= 11 is 12.0.